The molecule has 0 aliphatic rings. The van der Waals surface area contributed by atoms with E-state index in [2.05, 4.69) is 5.32 Å². The van der Waals surface area contributed by atoms with E-state index in [-0.39, 0.29) is 18.5 Å². The van der Waals surface area contributed by atoms with Gasteiger partial charge in [0.1, 0.15) is 0 Å². The molecule has 1 aromatic carbocycles. The summed E-state index contributed by atoms with van der Waals surface area (Å²) < 4.78 is 0. The first-order valence-corrected chi connectivity index (χ1v) is 4.82. The first kappa shape index (κ1) is 10.7. The minimum absolute atomic E-state index is 0.0450. The number of rotatable bonds is 4. The van der Waals surface area contributed by atoms with Crippen LogP contribution in [0.25, 0.3) is 0 Å². The van der Waals surface area contributed by atoms with Gasteiger partial charge in [0.2, 0.25) is 5.91 Å². The molecular formula is C11H16N2O. The summed E-state index contributed by atoms with van der Waals surface area (Å²) >= 11 is 0. The van der Waals surface area contributed by atoms with Crippen molar-refractivity contribution in [1.29, 1.82) is 0 Å². The number of amides is 1. The molecule has 3 N–H and O–H groups in total. The van der Waals surface area contributed by atoms with E-state index in [1.54, 1.807) is 0 Å². The largest absolute Gasteiger partial charge is 0.348 e. The number of carbonyl (C=O) groups is 1. The van der Waals surface area contributed by atoms with Crippen molar-refractivity contribution in [1.82, 2.24) is 5.32 Å². The van der Waals surface area contributed by atoms with Gasteiger partial charge in [-0.05, 0) is 12.0 Å². The highest BCUT2D eigenvalue weighted by atomic mass is 16.1. The molecule has 0 spiro atoms. The molecule has 0 saturated carbocycles. The van der Waals surface area contributed by atoms with Crippen LogP contribution in [0, 0.1) is 0 Å². The summed E-state index contributed by atoms with van der Waals surface area (Å²) in [4.78, 5) is 11.1. The van der Waals surface area contributed by atoms with E-state index in [1.165, 1.54) is 0 Å². The van der Waals surface area contributed by atoms with Gasteiger partial charge in [0, 0.05) is 0 Å². The molecule has 0 fully saturated rings. The number of nitrogens with two attached hydrogens (primary N) is 1. The van der Waals surface area contributed by atoms with Crippen LogP contribution in [-0.2, 0) is 4.79 Å². The van der Waals surface area contributed by atoms with Crippen LogP contribution in [0.1, 0.15) is 24.9 Å². The van der Waals surface area contributed by atoms with Crippen LogP contribution in [0.2, 0.25) is 0 Å². The Kier molecular flexibility index (Phi) is 4.13. The van der Waals surface area contributed by atoms with Crippen molar-refractivity contribution >= 4 is 5.91 Å². The molecule has 1 amide bonds. The van der Waals surface area contributed by atoms with E-state index < -0.39 is 0 Å². The molecule has 3 nitrogen and oxygen atoms in total. The Balaban J connectivity index is 2.68. The average molecular weight is 192 g/mol. The van der Waals surface area contributed by atoms with Gasteiger partial charge in [-0.1, -0.05) is 37.3 Å². The zero-order valence-electron chi connectivity index (χ0n) is 8.36. The molecule has 0 unspecified atom stereocenters. The second kappa shape index (κ2) is 5.40. The minimum atomic E-state index is -0.110. The van der Waals surface area contributed by atoms with Crippen LogP contribution in [-0.4, -0.2) is 12.5 Å². The predicted molar refractivity (Wildman–Crippen MR) is 56.7 cm³/mol. The molecule has 3 heteroatoms. The monoisotopic (exact) mass is 192 g/mol. The predicted octanol–water partition coefficient (Wildman–Crippen LogP) is 1.21. The minimum Gasteiger partial charge on any atom is -0.348 e. The summed E-state index contributed by atoms with van der Waals surface area (Å²) in [5.74, 6) is -0.110. The lowest BCUT2D eigenvalue weighted by molar-refractivity contribution is -0.120. The lowest BCUT2D eigenvalue weighted by Crippen LogP contribution is -2.33. The second-order valence-electron chi connectivity index (χ2n) is 3.14. The van der Waals surface area contributed by atoms with Gasteiger partial charge >= 0.3 is 0 Å². The molecule has 0 aliphatic carbocycles. The number of hydrogen-bond acceptors (Lipinski definition) is 2. The van der Waals surface area contributed by atoms with E-state index in [0.717, 1.165) is 12.0 Å². The fraction of sp³-hybridized carbons (Fsp3) is 0.364. The van der Waals surface area contributed by atoms with Gasteiger partial charge in [-0.3, -0.25) is 4.79 Å². The Bertz CT molecular complexity index is 285. The van der Waals surface area contributed by atoms with E-state index in [4.69, 9.17) is 5.73 Å². The molecule has 0 bridgehead atoms. The standard InChI is InChI=1S/C11H16N2O/c1-2-10(13-11(14)8-12)9-6-4-3-5-7-9/h3-7,10H,2,8,12H2,1H3,(H,13,14)/t10-/m1/s1. The molecule has 0 heterocycles. The molecule has 0 saturated heterocycles. The highest BCUT2D eigenvalue weighted by Gasteiger charge is 2.10. The molecule has 1 atom stereocenters. The van der Waals surface area contributed by atoms with Crippen molar-refractivity contribution in [3.05, 3.63) is 35.9 Å². The summed E-state index contributed by atoms with van der Waals surface area (Å²) in [5, 5.41) is 2.87. The molecule has 0 aromatic heterocycles. The lowest BCUT2D eigenvalue weighted by Gasteiger charge is -2.16. The summed E-state index contributed by atoms with van der Waals surface area (Å²) in [5.41, 5.74) is 6.36. The molecule has 0 aliphatic heterocycles. The summed E-state index contributed by atoms with van der Waals surface area (Å²) in [6.45, 7) is 2.08. The molecule has 76 valence electrons. The molecule has 1 aromatic rings. The number of nitrogens with one attached hydrogen (secondary N) is 1. The fourth-order valence-electron chi connectivity index (χ4n) is 1.36. The average Bonchev–Trinajstić information content (AvgIpc) is 2.26. The van der Waals surface area contributed by atoms with Crippen LogP contribution in [0.4, 0.5) is 0 Å². The van der Waals surface area contributed by atoms with E-state index in [1.807, 2.05) is 37.3 Å². The maximum absolute atomic E-state index is 11.1. The Morgan fingerprint density at radius 2 is 2.07 bits per heavy atom. The summed E-state index contributed by atoms with van der Waals surface area (Å²) in [7, 11) is 0. The first-order valence-electron chi connectivity index (χ1n) is 4.82. The highest BCUT2D eigenvalue weighted by Crippen LogP contribution is 2.15. The maximum Gasteiger partial charge on any atom is 0.234 e. The van der Waals surface area contributed by atoms with Gasteiger partial charge in [0.05, 0.1) is 12.6 Å². The zero-order chi connectivity index (χ0) is 10.4. The third-order valence-corrected chi connectivity index (χ3v) is 2.13. The highest BCUT2D eigenvalue weighted by molar-refractivity contribution is 5.78. The number of carbonyl (C=O) groups excluding carboxylic acids is 1. The normalized spacial score (nSPS) is 12.1. The Morgan fingerprint density at radius 3 is 2.57 bits per heavy atom. The van der Waals surface area contributed by atoms with Gasteiger partial charge < -0.3 is 11.1 Å². The van der Waals surface area contributed by atoms with E-state index >= 15 is 0 Å². The van der Waals surface area contributed by atoms with Gasteiger partial charge in [0.15, 0.2) is 0 Å². The Morgan fingerprint density at radius 1 is 1.43 bits per heavy atom. The first-order chi connectivity index (χ1) is 6.77. The molecule has 0 radical (unpaired) electrons. The van der Waals surface area contributed by atoms with Crippen molar-refractivity contribution in [3.63, 3.8) is 0 Å². The van der Waals surface area contributed by atoms with Crippen LogP contribution in [0.15, 0.2) is 30.3 Å². The number of benzene rings is 1. The third kappa shape index (κ3) is 2.85. The van der Waals surface area contributed by atoms with Gasteiger partial charge in [0.25, 0.3) is 0 Å². The van der Waals surface area contributed by atoms with E-state index in [9.17, 15) is 4.79 Å². The van der Waals surface area contributed by atoms with Crippen LogP contribution in [0.5, 0.6) is 0 Å². The van der Waals surface area contributed by atoms with Crippen LogP contribution in [0.3, 0.4) is 0 Å². The smallest absolute Gasteiger partial charge is 0.234 e. The third-order valence-electron chi connectivity index (χ3n) is 2.13. The second-order valence-corrected chi connectivity index (χ2v) is 3.14. The van der Waals surface area contributed by atoms with Gasteiger partial charge in [-0.15, -0.1) is 0 Å². The van der Waals surface area contributed by atoms with Gasteiger partial charge in [-0.25, -0.2) is 0 Å². The van der Waals surface area contributed by atoms with Crippen LogP contribution >= 0.6 is 0 Å². The fourth-order valence-corrected chi connectivity index (χ4v) is 1.36. The molecule has 14 heavy (non-hydrogen) atoms. The number of hydrogen-bond donors (Lipinski definition) is 2. The van der Waals surface area contributed by atoms with E-state index in [0.29, 0.717) is 0 Å². The topological polar surface area (TPSA) is 55.1 Å². The van der Waals surface area contributed by atoms with Crippen molar-refractivity contribution in [2.24, 2.45) is 5.73 Å². The Hall–Kier alpha value is -1.35. The summed E-state index contributed by atoms with van der Waals surface area (Å²) in [6, 6.07) is 9.98. The van der Waals surface area contributed by atoms with Crippen molar-refractivity contribution in [2.75, 3.05) is 6.54 Å². The van der Waals surface area contributed by atoms with Crippen LogP contribution < -0.4 is 11.1 Å². The SMILES string of the molecule is CC[C@@H](NC(=O)CN)c1ccccc1. The maximum atomic E-state index is 11.1. The lowest BCUT2D eigenvalue weighted by atomic mass is 10.0. The van der Waals surface area contributed by atoms with Gasteiger partial charge in [-0.2, -0.15) is 0 Å². The molecule has 1 rings (SSSR count). The zero-order valence-corrected chi connectivity index (χ0v) is 8.36. The van der Waals surface area contributed by atoms with Crippen molar-refractivity contribution < 1.29 is 4.79 Å². The van der Waals surface area contributed by atoms with Crippen molar-refractivity contribution in [2.45, 2.75) is 19.4 Å². The quantitative estimate of drug-likeness (QED) is 0.753. The summed E-state index contributed by atoms with van der Waals surface area (Å²) in [6.07, 6.45) is 0.871. The Labute approximate surface area is 84.3 Å². The molecular weight excluding hydrogens is 176 g/mol. The van der Waals surface area contributed by atoms with Crippen molar-refractivity contribution in [3.8, 4) is 0 Å².